The molecule has 1 atom stereocenters. The SMILES string of the molecule is CCCCCCCCCCC(S)C(=O)S. The molecule has 0 heterocycles. The number of unbranched alkanes of at least 4 members (excludes halogenated alkanes) is 7. The zero-order valence-electron chi connectivity index (χ0n) is 9.74. The molecule has 0 spiro atoms. The Kier molecular flexibility index (Phi) is 11.1. The molecule has 90 valence electrons. The number of carbonyl (C=O) groups is 1. The minimum Gasteiger partial charge on any atom is -0.286 e. The van der Waals surface area contributed by atoms with E-state index in [0.717, 1.165) is 12.8 Å². The maximum Gasteiger partial charge on any atom is 0.198 e. The van der Waals surface area contributed by atoms with Crippen molar-refractivity contribution in [2.24, 2.45) is 0 Å². The second-order valence-electron chi connectivity index (χ2n) is 4.12. The number of carbonyl (C=O) groups excluding carboxylic acids is 1. The van der Waals surface area contributed by atoms with E-state index in [9.17, 15) is 4.79 Å². The summed E-state index contributed by atoms with van der Waals surface area (Å²) in [4.78, 5) is 10.8. The largest absolute Gasteiger partial charge is 0.286 e. The third-order valence-electron chi connectivity index (χ3n) is 2.62. The van der Waals surface area contributed by atoms with Crippen LogP contribution in [-0.2, 0) is 4.79 Å². The van der Waals surface area contributed by atoms with Crippen LogP contribution < -0.4 is 0 Å². The molecule has 0 aliphatic heterocycles. The average molecular weight is 248 g/mol. The number of hydrogen-bond donors (Lipinski definition) is 2. The molecule has 0 saturated heterocycles. The van der Waals surface area contributed by atoms with E-state index in [1.54, 1.807) is 0 Å². The van der Waals surface area contributed by atoms with E-state index in [1.165, 1.54) is 44.9 Å². The van der Waals surface area contributed by atoms with Gasteiger partial charge in [0.25, 0.3) is 0 Å². The smallest absolute Gasteiger partial charge is 0.198 e. The molecular weight excluding hydrogens is 224 g/mol. The molecule has 0 aromatic carbocycles. The molecule has 0 rings (SSSR count). The van der Waals surface area contributed by atoms with Crippen molar-refractivity contribution in [3.05, 3.63) is 0 Å². The Balaban J connectivity index is 3.08. The van der Waals surface area contributed by atoms with Gasteiger partial charge >= 0.3 is 0 Å². The maximum atomic E-state index is 10.8. The van der Waals surface area contributed by atoms with E-state index in [2.05, 4.69) is 32.2 Å². The fourth-order valence-electron chi connectivity index (χ4n) is 1.60. The van der Waals surface area contributed by atoms with Gasteiger partial charge in [0.15, 0.2) is 5.12 Å². The van der Waals surface area contributed by atoms with Crippen molar-refractivity contribution in [2.75, 3.05) is 0 Å². The Morgan fingerprint density at radius 2 is 1.47 bits per heavy atom. The van der Waals surface area contributed by atoms with Gasteiger partial charge in [-0.2, -0.15) is 12.6 Å². The highest BCUT2D eigenvalue weighted by Gasteiger charge is 2.07. The van der Waals surface area contributed by atoms with E-state index in [1.807, 2.05) is 0 Å². The van der Waals surface area contributed by atoms with Crippen LogP contribution in [0.5, 0.6) is 0 Å². The van der Waals surface area contributed by atoms with Crippen molar-refractivity contribution in [1.29, 1.82) is 0 Å². The van der Waals surface area contributed by atoms with Gasteiger partial charge in [0, 0.05) is 0 Å². The maximum absolute atomic E-state index is 10.8. The van der Waals surface area contributed by atoms with Crippen LogP contribution in [0.3, 0.4) is 0 Å². The molecule has 0 aliphatic carbocycles. The molecule has 0 aromatic rings. The third kappa shape index (κ3) is 10.6. The molecular formula is C12H24OS2. The van der Waals surface area contributed by atoms with Gasteiger partial charge in [0.2, 0.25) is 0 Å². The predicted molar refractivity (Wildman–Crippen MR) is 74.0 cm³/mol. The molecule has 0 aromatic heterocycles. The van der Waals surface area contributed by atoms with Crippen LogP contribution in [-0.4, -0.2) is 10.4 Å². The highest BCUT2D eigenvalue weighted by atomic mass is 32.1. The first-order chi connectivity index (χ1) is 7.18. The van der Waals surface area contributed by atoms with Crippen LogP contribution >= 0.6 is 25.3 Å². The lowest BCUT2D eigenvalue weighted by atomic mass is 10.1. The van der Waals surface area contributed by atoms with Crippen LogP contribution in [0.2, 0.25) is 0 Å². The molecule has 0 N–H and O–H groups in total. The van der Waals surface area contributed by atoms with E-state index < -0.39 is 0 Å². The summed E-state index contributed by atoms with van der Waals surface area (Å²) >= 11 is 7.93. The predicted octanol–water partition coefficient (Wildman–Crippen LogP) is 4.27. The lowest BCUT2D eigenvalue weighted by Gasteiger charge is -2.05. The van der Waals surface area contributed by atoms with Crippen LogP contribution in [0.25, 0.3) is 0 Å². The minimum absolute atomic E-state index is 0.0960. The highest BCUT2D eigenvalue weighted by Crippen LogP contribution is 2.13. The summed E-state index contributed by atoms with van der Waals surface area (Å²) in [6.45, 7) is 2.24. The van der Waals surface area contributed by atoms with Gasteiger partial charge in [0.05, 0.1) is 5.25 Å². The molecule has 0 amide bonds. The van der Waals surface area contributed by atoms with Crippen molar-refractivity contribution >= 4 is 30.4 Å². The topological polar surface area (TPSA) is 17.1 Å². The van der Waals surface area contributed by atoms with Crippen molar-refractivity contribution in [1.82, 2.24) is 0 Å². The molecule has 0 bridgehead atoms. The number of hydrogen-bond acceptors (Lipinski definition) is 2. The molecule has 15 heavy (non-hydrogen) atoms. The lowest BCUT2D eigenvalue weighted by Crippen LogP contribution is -2.07. The summed E-state index contributed by atoms with van der Waals surface area (Å²) < 4.78 is 0. The average Bonchev–Trinajstić information content (AvgIpc) is 2.21. The highest BCUT2D eigenvalue weighted by molar-refractivity contribution is 7.99. The van der Waals surface area contributed by atoms with Crippen molar-refractivity contribution < 1.29 is 4.79 Å². The monoisotopic (exact) mass is 248 g/mol. The molecule has 0 radical (unpaired) electrons. The molecule has 3 heteroatoms. The fraction of sp³-hybridized carbons (Fsp3) is 0.917. The standard InChI is InChI=1S/C12H24OS2/c1-2-3-4-5-6-7-8-9-10-11(14)12(13)15/h11,14H,2-10H2,1H3,(H,13,15). The summed E-state index contributed by atoms with van der Waals surface area (Å²) in [5, 5.41) is -0.255. The lowest BCUT2D eigenvalue weighted by molar-refractivity contribution is -0.110. The Morgan fingerprint density at radius 1 is 1.00 bits per heavy atom. The molecule has 0 fully saturated rings. The fourth-order valence-corrected chi connectivity index (χ4v) is 1.91. The molecule has 0 saturated carbocycles. The van der Waals surface area contributed by atoms with Gasteiger partial charge in [0.1, 0.15) is 0 Å². The summed E-state index contributed by atoms with van der Waals surface area (Å²) in [6.07, 6.45) is 11.3. The van der Waals surface area contributed by atoms with Gasteiger partial charge in [-0.15, -0.1) is 12.6 Å². The van der Waals surface area contributed by atoms with Crippen LogP contribution in [0.4, 0.5) is 0 Å². The minimum atomic E-state index is -0.159. The van der Waals surface area contributed by atoms with Gasteiger partial charge in [-0.1, -0.05) is 58.3 Å². The van der Waals surface area contributed by atoms with Gasteiger partial charge < -0.3 is 0 Å². The Bertz CT molecular complexity index is 160. The zero-order valence-corrected chi connectivity index (χ0v) is 11.5. The number of thiol groups is 2. The second-order valence-corrected chi connectivity index (χ2v) is 5.18. The van der Waals surface area contributed by atoms with E-state index in [0.29, 0.717) is 0 Å². The van der Waals surface area contributed by atoms with Gasteiger partial charge in [-0.05, 0) is 6.42 Å². The Morgan fingerprint density at radius 3 is 1.93 bits per heavy atom. The van der Waals surface area contributed by atoms with Crippen molar-refractivity contribution in [3.8, 4) is 0 Å². The van der Waals surface area contributed by atoms with Crippen molar-refractivity contribution in [3.63, 3.8) is 0 Å². The summed E-state index contributed by atoms with van der Waals surface area (Å²) in [7, 11) is 0. The zero-order chi connectivity index (χ0) is 11.5. The van der Waals surface area contributed by atoms with Gasteiger partial charge in [-0.3, -0.25) is 4.79 Å². The third-order valence-corrected chi connectivity index (χ3v) is 3.62. The van der Waals surface area contributed by atoms with Crippen molar-refractivity contribution in [2.45, 2.75) is 70.0 Å². The first-order valence-electron chi connectivity index (χ1n) is 6.09. The molecule has 0 aliphatic rings. The first kappa shape index (κ1) is 15.4. The summed E-state index contributed by atoms with van der Waals surface area (Å²) in [6, 6.07) is 0. The first-order valence-corrected chi connectivity index (χ1v) is 7.05. The second kappa shape index (κ2) is 10.9. The quantitative estimate of drug-likeness (QED) is 0.436. The van der Waals surface area contributed by atoms with Gasteiger partial charge in [-0.25, -0.2) is 0 Å². The van der Waals surface area contributed by atoms with Crippen LogP contribution in [0.15, 0.2) is 0 Å². The van der Waals surface area contributed by atoms with E-state index >= 15 is 0 Å². The summed E-state index contributed by atoms with van der Waals surface area (Å²) in [5.74, 6) is 0. The Labute approximate surface area is 105 Å². The van der Waals surface area contributed by atoms with Crippen LogP contribution in [0, 0.1) is 0 Å². The summed E-state index contributed by atoms with van der Waals surface area (Å²) in [5.41, 5.74) is 0. The Hall–Kier alpha value is 0.370. The normalized spacial score (nSPS) is 12.7. The molecule has 1 nitrogen and oxygen atoms in total. The number of rotatable bonds is 10. The molecule has 1 unspecified atom stereocenters. The van der Waals surface area contributed by atoms with Crippen LogP contribution in [0.1, 0.15) is 64.7 Å². The van der Waals surface area contributed by atoms with E-state index in [-0.39, 0.29) is 10.4 Å². The van der Waals surface area contributed by atoms with E-state index in [4.69, 9.17) is 0 Å².